The topological polar surface area (TPSA) is 82.8 Å². The molecule has 9 heteroatoms. The van der Waals surface area contributed by atoms with Crippen LogP contribution in [0.3, 0.4) is 0 Å². The van der Waals surface area contributed by atoms with Crippen LogP contribution in [-0.4, -0.2) is 28.5 Å². The van der Waals surface area contributed by atoms with Gasteiger partial charge in [-0.1, -0.05) is 34.5 Å². The van der Waals surface area contributed by atoms with Gasteiger partial charge in [0.25, 0.3) is 5.56 Å². The van der Waals surface area contributed by atoms with E-state index < -0.39 is 5.97 Å². The Labute approximate surface area is 192 Å². The third-order valence-corrected chi connectivity index (χ3v) is 5.02. The Hall–Kier alpha value is -2.71. The first-order valence-corrected chi connectivity index (χ1v) is 10.9. The van der Waals surface area contributed by atoms with Gasteiger partial charge in [-0.15, -0.1) is 0 Å². The van der Waals surface area contributed by atoms with E-state index in [1.807, 2.05) is 19.9 Å². The van der Waals surface area contributed by atoms with Crippen molar-refractivity contribution in [3.8, 4) is 11.5 Å². The molecule has 162 valence electrons. The van der Waals surface area contributed by atoms with E-state index in [4.69, 9.17) is 21.1 Å². The molecule has 31 heavy (non-hydrogen) atoms. The van der Waals surface area contributed by atoms with Crippen LogP contribution in [-0.2, 0) is 11.2 Å². The molecule has 0 saturated carbocycles. The minimum absolute atomic E-state index is 0.147. The van der Waals surface area contributed by atoms with Gasteiger partial charge in [-0.2, -0.15) is 9.78 Å². The molecular weight excluding hydrogens is 486 g/mol. The summed E-state index contributed by atoms with van der Waals surface area (Å²) in [5, 5.41) is 5.05. The molecule has 0 amide bonds. The van der Waals surface area contributed by atoms with E-state index in [-0.39, 0.29) is 16.3 Å². The Morgan fingerprint density at radius 3 is 2.74 bits per heavy atom. The Bertz CT molecular complexity index is 1220. The van der Waals surface area contributed by atoms with E-state index in [1.54, 1.807) is 24.3 Å². The zero-order chi connectivity index (χ0) is 22.5. The quantitative estimate of drug-likeness (QED) is 0.257. The maximum Gasteiger partial charge on any atom is 0.308 e. The molecule has 3 rings (SSSR count). The molecule has 0 spiro atoms. The van der Waals surface area contributed by atoms with E-state index in [0.29, 0.717) is 41.1 Å². The van der Waals surface area contributed by atoms with Gasteiger partial charge < -0.3 is 9.47 Å². The Morgan fingerprint density at radius 2 is 2.06 bits per heavy atom. The third kappa shape index (κ3) is 5.32. The summed E-state index contributed by atoms with van der Waals surface area (Å²) in [6.07, 6.45) is 2.90. The third-order valence-electron chi connectivity index (χ3n) is 4.25. The van der Waals surface area contributed by atoms with Crippen LogP contribution in [0.5, 0.6) is 11.5 Å². The monoisotopic (exact) mass is 505 g/mol. The highest BCUT2D eigenvalue weighted by Gasteiger charge is 2.15. The van der Waals surface area contributed by atoms with E-state index in [2.05, 4.69) is 26.0 Å². The van der Waals surface area contributed by atoms with Gasteiger partial charge in [0.05, 0.1) is 28.7 Å². The predicted molar refractivity (Wildman–Crippen MR) is 125 cm³/mol. The molecule has 0 unspecified atom stereocenters. The van der Waals surface area contributed by atoms with E-state index in [1.165, 1.54) is 17.8 Å². The number of carbonyl (C=O) groups is 1. The minimum atomic E-state index is -0.506. The van der Waals surface area contributed by atoms with Gasteiger partial charge in [0.1, 0.15) is 5.82 Å². The minimum Gasteiger partial charge on any atom is -0.490 e. The molecule has 0 aliphatic rings. The van der Waals surface area contributed by atoms with Crippen molar-refractivity contribution in [2.24, 2.45) is 5.10 Å². The molecular formula is C22H21BrClN3O4. The van der Waals surface area contributed by atoms with Crippen LogP contribution in [0.15, 0.2) is 44.7 Å². The number of hydrogen-bond acceptors (Lipinski definition) is 6. The predicted octanol–water partition coefficient (Wildman–Crippen LogP) is 4.97. The number of nitrogens with zero attached hydrogens (tertiary/aromatic N) is 3. The average molecular weight is 507 g/mol. The number of halogens is 2. The second-order valence-electron chi connectivity index (χ2n) is 6.66. The molecule has 3 aromatic rings. The number of hydrogen-bond donors (Lipinski definition) is 0. The molecule has 0 aliphatic heterocycles. The smallest absolute Gasteiger partial charge is 0.308 e. The fourth-order valence-corrected chi connectivity index (χ4v) is 3.61. The molecule has 2 aromatic carbocycles. The maximum absolute atomic E-state index is 13.1. The van der Waals surface area contributed by atoms with Crippen molar-refractivity contribution in [3.63, 3.8) is 0 Å². The molecule has 1 heterocycles. The summed E-state index contributed by atoms with van der Waals surface area (Å²) in [5.41, 5.74) is 0.933. The fraction of sp³-hybridized carbons (Fsp3) is 0.273. The lowest BCUT2D eigenvalue weighted by molar-refractivity contribution is -0.132. The first kappa shape index (κ1) is 23.0. The van der Waals surface area contributed by atoms with Crippen LogP contribution in [0.4, 0.5) is 0 Å². The molecule has 7 nitrogen and oxygen atoms in total. The molecule has 0 aliphatic carbocycles. The lowest BCUT2D eigenvalue weighted by Crippen LogP contribution is -2.22. The number of esters is 1. The highest BCUT2D eigenvalue weighted by Crippen LogP contribution is 2.36. The van der Waals surface area contributed by atoms with Gasteiger partial charge in [-0.25, -0.2) is 4.98 Å². The summed E-state index contributed by atoms with van der Waals surface area (Å²) in [6, 6.07) is 8.61. The van der Waals surface area contributed by atoms with Crippen molar-refractivity contribution in [3.05, 3.63) is 61.6 Å². The number of rotatable bonds is 7. The lowest BCUT2D eigenvalue weighted by atomic mass is 10.2. The molecule has 0 saturated heterocycles. The highest BCUT2D eigenvalue weighted by molar-refractivity contribution is 9.10. The number of aromatic nitrogens is 2. The van der Waals surface area contributed by atoms with Crippen LogP contribution >= 0.6 is 27.5 Å². The summed E-state index contributed by atoms with van der Waals surface area (Å²) in [7, 11) is 0. The van der Waals surface area contributed by atoms with Gasteiger partial charge in [0, 0.05) is 17.8 Å². The highest BCUT2D eigenvalue weighted by atomic mass is 79.9. The Kier molecular flexibility index (Phi) is 7.46. The van der Waals surface area contributed by atoms with E-state index >= 15 is 0 Å². The lowest BCUT2D eigenvalue weighted by Gasteiger charge is -2.12. The van der Waals surface area contributed by atoms with Crippen LogP contribution in [0.1, 0.15) is 38.6 Å². The number of fused-ring (bicyclic) bond motifs is 1. The second-order valence-corrected chi connectivity index (χ2v) is 7.98. The summed E-state index contributed by atoms with van der Waals surface area (Å²) in [6.45, 7) is 5.46. The van der Waals surface area contributed by atoms with Gasteiger partial charge in [0.2, 0.25) is 0 Å². The maximum atomic E-state index is 13.1. The Balaban J connectivity index is 2.10. The largest absolute Gasteiger partial charge is 0.490 e. The van der Waals surface area contributed by atoms with Crippen LogP contribution in [0, 0.1) is 0 Å². The van der Waals surface area contributed by atoms with Crippen LogP contribution in [0.2, 0.25) is 5.02 Å². The zero-order valence-electron chi connectivity index (χ0n) is 17.3. The number of benzene rings is 2. The summed E-state index contributed by atoms with van der Waals surface area (Å²) in [4.78, 5) is 29.1. The zero-order valence-corrected chi connectivity index (χ0v) is 19.7. The first-order chi connectivity index (χ1) is 14.8. The SMILES string of the molecule is CCCc1nc2ccc(Br)cc2c(=O)n1N=Cc1cc(Cl)c(OC(C)=O)c(OCC)c1. The molecule has 1 aromatic heterocycles. The summed E-state index contributed by atoms with van der Waals surface area (Å²) in [5.74, 6) is 0.516. The number of aryl methyl sites for hydroxylation is 1. The molecule has 0 fully saturated rings. The van der Waals surface area contributed by atoms with E-state index in [9.17, 15) is 9.59 Å². The van der Waals surface area contributed by atoms with Gasteiger partial charge in [0.15, 0.2) is 11.5 Å². The van der Waals surface area contributed by atoms with Crippen LogP contribution in [0.25, 0.3) is 10.9 Å². The molecule has 0 radical (unpaired) electrons. The van der Waals surface area contributed by atoms with Crippen molar-refractivity contribution in [1.82, 2.24) is 9.66 Å². The molecule has 0 atom stereocenters. The van der Waals surface area contributed by atoms with Crippen molar-refractivity contribution in [2.75, 3.05) is 6.61 Å². The van der Waals surface area contributed by atoms with Crippen molar-refractivity contribution in [2.45, 2.75) is 33.6 Å². The van der Waals surface area contributed by atoms with Crippen molar-refractivity contribution >= 4 is 50.6 Å². The van der Waals surface area contributed by atoms with E-state index in [0.717, 1.165) is 10.9 Å². The first-order valence-electron chi connectivity index (χ1n) is 9.74. The standard InChI is InChI=1S/C22H21BrClN3O4/c1-4-6-20-26-18-8-7-15(23)11-16(18)22(29)27(20)25-12-14-9-17(24)21(31-13(3)28)19(10-14)30-5-2/h7-12H,4-6H2,1-3H3. The average Bonchev–Trinajstić information content (AvgIpc) is 2.71. The fourth-order valence-electron chi connectivity index (χ4n) is 2.99. The van der Waals surface area contributed by atoms with Gasteiger partial charge in [-0.05, 0) is 49.2 Å². The normalized spacial score (nSPS) is 11.3. The summed E-state index contributed by atoms with van der Waals surface area (Å²) >= 11 is 9.69. The van der Waals surface area contributed by atoms with Crippen molar-refractivity contribution < 1.29 is 14.3 Å². The van der Waals surface area contributed by atoms with Gasteiger partial charge >= 0.3 is 5.97 Å². The Morgan fingerprint density at radius 1 is 1.29 bits per heavy atom. The van der Waals surface area contributed by atoms with Gasteiger partial charge in [-0.3, -0.25) is 9.59 Å². The number of ether oxygens (including phenoxy) is 2. The molecule has 0 N–H and O–H groups in total. The molecule has 0 bridgehead atoms. The number of carbonyl (C=O) groups excluding carboxylic acids is 1. The summed E-state index contributed by atoms with van der Waals surface area (Å²) < 4.78 is 12.8. The second kappa shape index (κ2) is 10.1. The van der Waals surface area contributed by atoms with Crippen LogP contribution < -0.4 is 15.0 Å². The van der Waals surface area contributed by atoms with Crippen molar-refractivity contribution in [1.29, 1.82) is 0 Å².